The van der Waals surface area contributed by atoms with E-state index in [1.807, 2.05) is 11.9 Å². The molecule has 1 aliphatic carbocycles. The maximum Gasteiger partial charge on any atom is 0.242 e. The SMILES string of the molecule is CN(CCc1cccc2ccccc12)C(=O)C1(N)CCCC1.Cl. The third kappa shape index (κ3) is 3.67. The molecule has 23 heavy (non-hydrogen) atoms. The Morgan fingerprint density at radius 2 is 1.78 bits per heavy atom. The first kappa shape index (κ1) is 17.8. The van der Waals surface area contributed by atoms with Gasteiger partial charge in [-0.3, -0.25) is 4.79 Å². The van der Waals surface area contributed by atoms with Crippen LogP contribution in [-0.2, 0) is 11.2 Å². The van der Waals surface area contributed by atoms with Crippen LogP contribution in [0.15, 0.2) is 42.5 Å². The molecule has 0 spiro atoms. The molecule has 2 aromatic rings. The second kappa shape index (κ2) is 7.33. The van der Waals surface area contributed by atoms with Crippen LogP contribution < -0.4 is 5.73 Å². The Labute approximate surface area is 144 Å². The number of hydrogen-bond donors (Lipinski definition) is 1. The topological polar surface area (TPSA) is 46.3 Å². The maximum atomic E-state index is 12.6. The zero-order chi connectivity index (χ0) is 15.6. The van der Waals surface area contributed by atoms with Crippen molar-refractivity contribution in [2.45, 2.75) is 37.6 Å². The van der Waals surface area contributed by atoms with Gasteiger partial charge in [0, 0.05) is 13.6 Å². The van der Waals surface area contributed by atoms with E-state index in [-0.39, 0.29) is 18.3 Å². The number of rotatable bonds is 4. The summed E-state index contributed by atoms with van der Waals surface area (Å²) in [6.07, 6.45) is 4.65. The zero-order valence-corrected chi connectivity index (χ0v) is 14.4. The van der Waals surface area contributed by atoms with Gasteiger partial charge in [-0.1, -0.05) is 55.3 Å². The van der Waals surface area contributed by atoms with Crippen LogP contribution in [0.2, 0.25) is 0 Å². The minimum atomic E-state index is -0.618. The van der Waals surface area contributed by atoms with Gasteiger partial charge in [0.05, 0.1) is 5.54 Å². The second-order valence-corrected chi connectivity index (χ2v) is 6.48. The molecule has 1 aliphatic rings. The molecular weight excluding hydrogens is 308 g/mol. The van der Waals surface area contributed by atoms with E-state index in [0.29, 0.717) is 6.54 Å². The van der Waals surface area contributed by atoms with Gasteiger partial charge < -0.3 is 10.6 Å². The second-order valence-electron chi connectivity index (χ2n) is 6.48. The van der Waals surface area contributed by atoms with Crippen molar-refractivity contribution >= 4 is 29.1 Å². The Bertz CT molecular complexity index is 675. The first-order valence-electron chi connectivity index (χ1n) is 8.11. The number of carbonyl (C=O) groups excluding carboxylic acids is 1. The largest absolute Gasteiger partial charge is 0.344 e. The number of fused-ring (bicyclic) bond motifs is 1. The molecule has 1 amide bonds. The summed E-state index contributed by atoms with van der Waals surface area (Å²) in [5, 5.41) is 2.52. The van der Waals surface area contributed by atoms with Crippen molar-refractivity contribution in [2.75, 3.05) is 13.6 Å². The molecule has 1 fully saturated rings. The highest BCUT2D eigenvalue weighted by Crippen LogP contribution is 2.29. The fourth-order valence-electron chi connectivity index (χ4n) is 3.50. The predicted molar refractivity (Wildman–Crippen MR) is 97.9 cm³/mol. The van der Waals surface area contributed by atoms with Crippen molar-refractivity contribution in [3.63, 3.8) is 0 Å². The van der Waals surface area contributed by atoms with E-state index in [0.717, 1.165) is 32.1 Å². The van der Waals surface area contributed by atoms with Gasteiger partial charge in [-0.05, 0) is 35.6 Å². The lowest BCUT2D eigenvalue weighted by Crippen LogP contribution is -2.52. The van der Waals surface area contributed by atoms with E-state index >= 15 is 0 Å². The molecule has 0 radical (unpaired) electrons. The van der Waals surface area contributed by atoms with Crippen molar-refractivity contribution in [3.8, 4) is 0 Å². The van der Waals surface area contributed by atoms with E-state index in [1.54, 1.807) is 0 Å². The summed E-state index contributed by atoms with van der Waals surface area (Å²) >= 11 is 0. The summed E-state index contributed by atoms with van der Waals surface area (Å²) in [5.41, 5.74) is 6.94. The molecule has 0 aliphatic heterocycles. The van der Waals surface area contributed by atoms with Gasteiger partial charge in [0.1, 0.15) is 0 Å². The third-order valence-corrected chi connectivity index (χ3v) is 4.86. The summed E-state index contributed by atoms with van der Waals surface area (Å²) in [4.78, 5) is 14.4. The number of halogens is 1. The van der Waals surface area contributed by atoms with Crippen LogP contribution in [0.1, 0.15) is 31.2 Å². The lowest BCUT2D eigenvalue weighted by atomic mass is 9.97. The number of carbonyl (C=O) groups is 1. The van der Waals surface area contributed by atoms with E-state index in [1.165, 1.54) is 16.3 Å². The van der Waals surface area contributed by atoms with Crippen molar-refractivity contribution in [1.82, 2.24) is 4.90 Å². The zero-order valence-electron chi connectivity index (χ0n) is 13.6. The Morgan fingerprint density at radius 3 is 2.52 bits per heavy atom. The Kier molecular flexibility index (Phi) is 5.66. The number of nitrogens with two attached hydrogens (primary N) is 1. The minimum absolute atomic E-state index is 0. The predicted octanol–water partition coefficient (Wildman–Crippen LogP) is 3.53. The van der Waals surface area contributed by atoms with Crippen LogP contribution in [0.3, 0.4) is 0 Å². The van der Waals surface area contributed by atoms with Gasteiger partial charge in [-0.15, -0.1) is 12.4 Å². The number of nitrogens with zero attached hydrogens (tertiary/aromatic N) is 1. The maximum absolute atomic E-state index is 12.6. The van der Waals surface area contributed by atoms with E-state index < -0.39 is 5.54 Å². The van der Waals surface area contributed by atoms with Gasteiger partial charge in [0.2, 0.25) is 5.91 Å². The van der Waals surface area contributed by atoms with Crippen molar-refractivity contribution in [3.05, 3.63) is 48.0 Å². The number of likely N-dealkylation sites (N-methyl/N-ethyl adjacent to an activating group) is 1. The molecule has 0 saturated heterocycles. The van der Waals surface area contributed by atoms with E-state index in [2.05, 4.69) is 42.5 Å². The minimum Gasteiger partial charge on any atom is -0.344 e. The summed E-state index contributed by atoms with van der Waals surface area (Å²) in [7, 11) is 1.88. The van der Waals surface area contributed by atoms with Gasteiger partial charge in [0.25, 0.3) is 0 Å². The standard InChI is InChI=1S/C19H24N2O.ClH/c1-21(18(22)19(20)12-4-5-13-19)14-11-16-9-6-8-15-7-2-3-10-17(15)16;/h2-3,6-10H,4-5,11-14,20H2,1H3;1H. The van der Waals surface area contributed by atoms with Crippen molar-refractivity contribution in [2.24, 2.45) is 5.73 Å². The Hall–Kier alpha value is -1.58. The summed E-state index contributed by atoms with van der Waals surface area (Å²) in [6.45, 7) is 0.714. The van der Waals surface area contributed by atoms with Crippen LogP contribution in [0, 0.1) is 0 Å². The van der Waals surface area contributed by atoms with Crippen LogP contribution in [-0.4, -0.2) is 29.9 Å². The fraction of sp³-hybridized carbons (Fsp3) is 0.421. The van der Waals surface area contributed by atoms with Crippen molar-refractivity contribution < 1.29 is 4.79 Å². The molecule has 3 rings (SSSR count). The number of amides is 1. The van der Waals surface area contributed by atoms with Gasteiger partial charge >= 0.3 is 0 Å². The fourth-order valence-corrected chi connectivity index (χ4v) is 3.50. The normalized spacial score (nSPS) is 16.1. The quantitative estimate of drug-likeness (QED) is 0.931. The van der Waals surface area contributed by atoms with Crippen LogP contribution in [0.4, 0.5) is 0 Å². The molecule has 1 saturated carbocycles. The molecule has 3 nitrogen and oxygen atoms in total. The van der Waals surface area contributed by atoms with Crippen LogP contribution in [0.5, 0.6) is 0 Å². The first-order chi connectivity index (χ1) is 10.6. The summed E-state index contributed by atoms with van der Waals surface area (Å²) in [5.74, 6) is 0.102. The smallest absolute Gasteiger partial charge is 0.242 e. The first-order valence-corrected chi connectivity index (χ1v) is 8.11. The van der Waals surface area contributed by atoms with Crippen molar-refractivity contribution in [1.29, 1.82) is 0 Å². The molecule has 2 N–H and O–H groups in total. The lowest BCUT2D eigenvalue weighted by Gasteiger charge is -2.28. The Morgan fingerprint density at radius 1 is 1.13 bits per heavy atom. The average Bonchev–Trinajstić information content (AvgIpc) is 2.99. The highest BCUT2D eigenvalue weighted by molar-refractivity contribution is 5.87. The molecule has 0 atom stereocenters. The lowest BCUT2D eigenvalue weighted by molar-refractivity contribution is -0.135. The highest BCUT2D eigenvalue weighted by Gasteiger charge is 2.38. The van der Waals surface area contributed by atoms with E-state index in [9.17, 15) is 4.79 Å². The average molecular weight is 333 g/mol. The molecule has 0 aromatic heterocycles. The van der Waals surface area contributed by atoms with Gasteiger partial charge in [0.15, 0.2) is 0 Å². The molecule has 0 unspecified atom stereocenters. The summed E-state index contributed by atoms with van der Waals surface area (Å²) < 4.78 is 0. The molecule has 0 bridgehead atoms. The van der Waals surface area contributed by atoms with E-state index in [4.69, 9.17) is 5.73 Å². The molecule has 0 heterocycles. The molecule has 4 heteroatoms. The highest BCUT2D eigenvalue weighted by atomic mass is 35.5. The van der Waals surface area contributed by atoms with Crippen LogP contribution >= 0.6 is 12.4 Å². The molecule has 124 valence electrons. The third-order valence-electron chi connectivity index (χ3n) is 4.86. The number of hydrogen-bond acceptors (Lipinski definition) is 2. The van der Waals surface area contributed by atoms with Gasteiger partial charge in [-0.25, -0.2) is 0 Å². The number of benzene rings is 2. The van der Waals surface area contributed by atoms with Gasteiger partial charge in [-0.2, -0.15) is 0 Å². The molecule has 2 aromatic carbocycles. The Balaban J connectivity index is 0.00000192. The molecular formula is C19H25ClN2O. The monoisotopic (exact) mass is 332 g/mol. The summed E-state index contributed by atoms with van der Waals surface area (Å²) in [6, 6.07) is 14.7. The van der Waals surface area contributed by atoms with Crippen LogP contribution in [0.25, 0.3) is 10.8 Å².